The van der Waals surface area contributed by atoms with Gasteiger partial charge in [0, 0.05) is 0 Å². The standard InChI is InChI=1S/C12H13N3O4S2/c1-8-14-6-12(20-8)21(18,19)15(7-11(16)17)10-5-3-2-4-9(10)13/h2-6H,7,13H2,1H3,(H,16,17). The number of para-hydroxylation sites is 2. The Balaban J connectivity index is 2.56. The molecule has 0 aliphatic heterocycles. The van der Waals surface area contributed by atoms with E-state index in [0.29, 0.717) is 5.01 Å². The van der Waals surface area contributed by atoms with E-state index in [1.165, 1.54) is 18.3 Å². The highest BCUT2D eigenvalue weighted by Crippen LogP contribution is 2.30. The third-order valence-corrected chi connectivity index (χ3v) is 5.74. The lowest BCUT2D eigenvalue weighted by Gasteiger charge is -2.22. The number of anilines is 2. The SMILES string of the molecule is Cc1ncc(S(=O)(=O)N(CC(=O)O)c2ccccc2N)s1. The molecule has 112 valence electrons. The summed E-state index contributed by atoms with van der Waals surface area (Å²) in [5, 5.41) is 9.57. The lowest BCUT2D eigenvalue weighted by atomic mass is 10.3. The van der Waals surface area contributed by atoms with Crippen LogP contribution in [0.1, 0.15) is 5.01 Å². The average Bonchev–Trinajstić information content (AvgIpc) is 2.84. The molecule has 2 rings (SSSR count). The Bertz CT molecular complexity index is 770. The number of thiazole rings is 1. The fourth-order valence-corrected chi connectivity index (χ4v) is 4.37. The number of aliphatic carboxylic acids is 1. The van der Waals surface area contributed by atoms with Gasteiger partial charge >= 0.3 is 5.97 Å². The van der Waals surface area contributed by atoms with E-state index in [0.717, 1.165) is 15.6 Å². The van der Waals surface area contributed by atoms with Crippen molar-refractivity contribution in [1.29, 1.82) is 0 Å². The highest BCUT2D eigenvalue weighted by atomic mass is 32.2. The summed E-state index contributed by atoms with van der Waals surface area (Å²) < 4.78 is 26.0. The van der Waals surface area contributed by atoms with Crippen molar-refractivity contribution in [2.45, 2.75) is 11.1 Å². The Morgan fingerprint density at radius 3 is 2.62 bits per heavy atom. The van der Waals surface area contributed by atoms with Crippen LogP contribution in [0.25, 0.3) is 0 Å². The number of hydrogen-bond donors (Lipinski definition) is 2. The van der Waals surface area contributed by atoms with E-state index in [2.05, 4.69) is 4.98 Å². The maximum atomic E-state index is 12.6. The molecule has 3 N–H and O–H groups in total. The molecule has 0 radical (unpaired) electrons. The maximum Gasteiger partial charge on any atom is 0.324 e. The molecule has 1 aromatic heterocycles. The fourth-order valence-electron chi connectivity index (χ4n) is 1.71. The molecule has 0 bridgehead atoms. The molecule has 0 saturated carbocycles. The summed E-state index contributed by atoms with van der Waals surface area (Å²) in [6.07, 6.45) is 1.21. The van der Waals surface area contributed by atoms with E-state index < -0.39 is 22.5 Å². The average molecular weight is 327 g/mol. The summed E-state index contributed by atoms with van der Waals surface area (Å²) in [4.78, 5) is 14.9. The van der Waals surface area contributed by atoms with Crippen molar-refractivity contribution in [3.63, 3.8) is 0 Å². The molecule has 0 atom stereocenters. The Hall–Kier alpha value is -2.13. The first-order valence-corrected chi connectivity index (χ1v) is 8.09. The van der Waals surface area contributed by atoms with Gasteiger partial charge in [0.15, 0.2) is 4.21 Å². The van der Waals surface area contributed by atoms with Crippen molar-refractivity contribution in [3.05, 3.63) is 35.5 Å². The van der Waals surface area contributed by atoms with E-state index in [4.69, 9.17) is 10.8 Å². The Morgan fingerprint density at radius 2 is 2.10 bits per heavy atom. The van der Waals surface area contributed by atoms with Crippen molar-refractivity contribution in [2.75, 3.05) is 16.6 Å². The fraction of sp³-hybridized carbons (Fsp3) is 0.167. The number of sulfonamides is 1. The number of nitrogens with two attached hydrogens (primary N) is 1. The van der Waals surface area contributed by atoms with Gasteiger partial charge in [0.05, 0.1) is 22.6 Å². The van der Waals surface area contributed by atoms with Crippen LogP contribution in [-0.4, -0.2) is 31.0 Å². The molecule has 9 heteroatoms. The summed E-state index contributed by atoms with van der Waals surface area (Å²) in [6.45, 7) is 0.954. The zero-order chi connectivity index (χ0) is 15.6. The molecule has 0 fully saturated rings. The van der Waals surface area contributed by atoms with Crippen molar-refractivity contribution >= 4 is 38.7 Å². The van der Waals surface area contributed by atoms with Gasteiger partial charge in [-0.05, 0) is 19.1 Å². The van der Waals surface area contributed by atoms with E-state index in [1.54, 1.807) is 19.1 Å². The highest BCUT2D eigenvalue weighted by molar-refractivity contribution is 7.94. The minimum absolute atomic E-state index is 0.0236. The van der Waals surface area contributed by atoms with E-state index in [9.17, 15) is 13.2 Å². The molecule has 7 nitrogen and oxygen atoms in total. The molecule has 21 heavy (non-hydrogen) atoms. The van der Waals surface area contributed by atoms with Gasteiger partial charge < -0.3 is 10.8 Å². The zero-order valence-corrected chi connectivity index (χ0v) is 12.7. The number of hydrogen-bond acceptors (Lipinski definition) is 6. The predicted octanol–water partition coefficient (Wildman–Crippen LogP) is 1.31. The molecule has 2 aromatic rings. The first kappa shape index (κ1) is 15.3. The summed E-state index contributed by atoms with van der Waals surface area (Å²) in [7, 11) is -4.02. The first-order valence-electron chi connectivity index (χ1n) is 5.84. The third-order valence-electron chi connectivity index (χ3n) is 2.63. The number of rotatable bonds is 5. The van der Waals surface area contributed by atoms with Crippen LogP contribution in [0.3, 0.4) is 0 Å². The van der Waals surface area contributed by atoms with Crippen molar-refractivity contribution in [2.24, 2.45) is 0 Å². The van der Waals surface area contributed by atoms with Gasteiger partial charge in [0.2, 0.25) is 0 Å². The maximum absolute atomic E-state index is 12.6. The van der Waals surface area contributed by atoms with Crippen molar-refractivity contribution in [3.8, 4) is 0 Å². The van der Waals surface area contributed by atoms with Gasteiger partial charge in [-0.1, -0.05) is 12.1 Å². The second-order valence-corrected chi connectivity index (χ2v) is 7.49. The summed E-state index contributed by atoms with van der Waals surface area (Å²) in [6, 6.07) is 6.20. The van der Waals surface area contributed by atoms with Gasteiger partial charge in [-0.25, -0.2) is 13.4 Å². The van der Waals surface area contributed by atoms with Gasteiger partial charge in [-0.2, -0.15) is 0 Å². The van der Waals surface area contributed by atoms with Gasteiger partial charge in [-0.15, -0.1) is 11.3 Å². The second kappa shape index (κ2) is 5.70. The molecular formula is C12H13N3O4S2. The number of carboxylic acids is 1. The minimum atomic E-state index is -4.02. The number of carbonyl (C=O) groups is 1. The lowest BCUT2D eigenvalue weighted by molar-refractivity contribution is -0.135. The normalized spacial score (nSPS) is 11.3. The summed E-state index contributed by atoms with van der Waals surface area (Å²) >= 11 is 0.976. The van der Waals surface area contributed by atoms with Gasteiger partial charge in [-0.3, -0.25) is 9.10 Å². The Kier molecular flexibility index (Phi) is 4.14. The molecule has 0 amide bonds. The van der Waals surface area contributed by atoms with Crippen LogP contribution in [0.2, 0.25) is 0 Å². The predicted molar refractivity (Wildman–Crippen MR) is 79.9 cm³/mol. The molecule has 0 aliphatic rings. The topological polar surface area (TPSA) is 114 Å². The van der Waals surface area contributed by atoms with Crippen LogP contribution in [-0.2, 0) is 14.8 Å². The molecule has 1 heterocycles. The number of benzene rings is 1. The third kappa shape index (κ3) is 3.14. The summed E-state index contributed by atoms with van der Waals surface area (Å²) in [5.74, 6) is -1.27. The Labute approximate surface area is 125 Å². The van der Waals surface area contributed by atoms with E-state index in [1.807, 2.05) is 0 Å². The molecule has 1 aromatic carbocycles. The Morgan fingerprint density at radius 1 is 1.43 bits per heavy atom. The van der Waals surface area contributed by atoms with E-state index in [-0.39, 0.29) is 15.6 Å². The van der Waals surface area contributed by atoms with Crippen LogP contribution in [0.5, 0.6) is 0 Å². The monoisotopic (exact) mass is 327 g/mol. The molecule has 0 saturated heterocycles. The van der Waals surface area contributed by atoms with Crippen LogP contribution in [0.15, 0.2) is 34.7 Å². The highest BCUT2D eigenvalue weighted by Gasteiger charge is 2.29. The van der Waals surface area contributed by atoms with Crippen LogP contribution in [0, 0.1) is 6.92 Å². The lowest BCUT2D eigenvalue weighted by Crippen LogP contribution is -2.35. The quantitative estimate of drug-likeness (QED) is 0.801. The number of carboxylic acid groups (broad SMARTS) is 1. The van der Waals surface area contributed by atoms with Crippen molar-refractivity contribution in [1.82, 2.24) is 4.98 Å². The van der Waals surface area contributed by atoms with Crippen LogP contribution >= 0.6 is 11.3 Å². The van der Waals surface area contributed by atoms with Gasteiger partial charge in [0.1, 0.15) is 6.54 Å². The summed E-state index contributed by atoms with van der Waals surface area (Å²) in [5.41, 5.74) is 6.08. The van der Waals surface area contributed by atoms with Crippen molar-refractivity contribution < 1.29 is 18.3 Å². The molecule has 0 aliphatic carbocycles. The zero-order valence-electron chi connectivity index (χ0n) is 11.1. The number of aryl methyl sites for hydroxylation is 1. The minimum Gasteiger partial charge on any atom is -0.480 e. The van der Waals surface area contributed by atoms with Gasteiger partial charge in [0.25, 0.3) is 10.0 Å². The number of nitrogens with zero attached hydrogens (tertiary/aromatic N) is 2. The van der Waals surface area contributed by atoms with E-state index >= 15 is 0 Å². The number of aromatic nitrogens is 1. The first-order chi connectivity index (χ1) is 9.82. The molecule has 0 unspecified atom stereocenters. The number of nitrogen functional groups attached to an aromatic ring is 1. The largest absolute Gasteiger partial charge is 0.480 e. The smallest absolute Gasteiger partial charge is 0.324 e. The van der Waals surface area contributed by atoms with Crippen LogP contribution < -0.4 is 10.0 Å². The molecular weight excluding hydrogens is 314 g/mol. The second-order valence-electron chi connectivity index (χ2n) is 4.16. The van der Waals surface area contributed by atoms with Crippen LogP contribution in [0.4, 0.5) is 11.4 Å². The molecule has 0 spiro atoms.